The van der Waals surface area contributed by atoms with E-state index in [1.54, 1.807) is 10.7 Å². The van der Waals surface area contributed by atoms with E-state index < -0.39 is 0 Å². The second kappa shape index (κ2) is 6.15. The van der Waals surface area contributed by atoms with Gasteiger partial charge in [-0.25, -0.2) is 9.50 Å². The fraction of sp³-hybridized carbons (Fsp3) is 0.500. The van der Waals surface area contributed by atoms with Crippen molar-refractivity contribution in [3.63, 3.8) is 0 Å². The highest BCUT2D eigenvalue weighted by atomic mass is 79.9. The molecule has 98 valence electrons. The lowest BCUT2D eigenvalue weighted by Crippen LogP contribution is -2.14. The predicted octanol–water partition coefficient (Wildman–Crippen LogP) is 2.25. The Hall–Kier alpha value is -1.14. The summed E-state index contributed by atoms with van der Waals surface area (Å²) in [4.78, 5) is 6.41. The van der Waals surface area contributed by atoms with Gasteiger partial charge in [-0.05, 0) is 61.5 Å². The van der Waals surface area contributed by atoms with Crippen LogP contribution in [0.3, 0.4) is 0 Å². The van der Waals surface area contributed by atoms with E-state index in [9.17, 15) is 0 Å². The van der Waals surface area contributed by atoms with Gasteiger partial charge >= 0.3 is 0 Å². The quantitative estimate of drug-likeness (QED) is 0.831. The molecule has 0 amide bonds. The highest BCUT2D eigenvalue weighted by Gasteiger charge is 2.02. The molecule has 2 rings (SSSR count). The second-order valence-corrected chi connectivity index (χ2v) is 5.32. The maximum Gasteiger partial charge on any atom is 0.154 e. The third kappa shape index (κ3) is 3.43. The van der Waals surface area contributed by atoms with Crippen LogP contribution in [0, 0.1) is 0 Å². The minimum Gasteiger partial charge on any atom is -0.369 e. The maximum atomic E-state index is 4.45. The smallest absolute Gasteiger partial charge is 0.154 e. The van der Waals surface area contributed by atoms with Crippen LogP contribution in [0.25, 0.3) is 5.65 Å². The van der Waals surface area contributed by atoms with Crippen molar-refractivity contribution in [2.75, 3.05) is 32.5 Å². The lowest BCUT2D eigenvalue weighted by Gasteiger charge is -2.09. The molecule has 18 heavy (non-hydrogen) atoms. The van der Waals surface area contributed by atoms with Crippen LogP contribution in [0.1, 0.15) is 12.8 Å². The van der Waals surface area contributed by atoms with Gasteiger partial charge in [0.25, 0.3) is 0 Å². The van der Waals surface area contributed by atoms with Crippen molar-refractivity contribution in [3.8, 4) is 0 Å². The summed E-state index contributed by atoms with van der Waals surface area (Å²) in [6.07, 6.45) is 4.09. The lowest BCUT2D eigenvalue weighted by molar-refractivity contribution is 0.396. The molecule has 0 radical (unpaired) electrons. The fourth-order valence-corrected chi connectivity index (χ4v) is 2.07. The Morgan fingerprint density at radius 3 is 2.94 bits per heavy atom. The number of halogens is 1. The van der Waals surface area contributed by atoms with Gasteiger partial charge in [0.05, 0.1) is 6.20 Å². The Kier molecular flexibility index (Phi) is 4.54. The van der Waals surface area contributed by atoms with Crippen molar-refractivity contribution in [2.24, 2.45) is 0 Å². The molecule has 2 heterocycles. The summed E-state index contributed by atoms with van der Waals surface area (Å²) < 4.78 is 2.65. The number of rotatable bonds is 6. The van der Waals surface area contributed by atoms with Gasteiger partial charge in [0.1, 0.15) is 10.4 Å². The first-order chi connectivity index (χ1) is 8.66. The van der Waals surface area contributed by atoms with E-state index >= 15 is 0 Å². The first kappa shape index (κ1) is 13.3. The summed E-state index contributed by atoms with van der Waals surface area (Å²) in [5, 5.41) is 7.78. The molecule has 0 fully saturated rings. The monoisotopic (exact) mass is 311 g/mol. The SMILES string of the molecule is CN(C)CCCCNc1ccc2ncc(Br)n2n1. The maximum absolute atomic E-state index is 4.45. The van der Waals surface area contributed by atoms with E-state index in [0.717, 1.165) is 35.6 Å². The van der Waals surface area contributed by atoms with Crippen molar-refractivity contribution in [3.05, 3.63) is 22.9 Å². The molecular formula is C12H18BrN5. The third-order valence-electron chi connectivity index (χ3n) is 2.66. The van der Waals surface area contributed by atoms with Crippen molar-refractivity contribution in [2.45, 2.75) is 12.8 Å². The first-order valence-electron chi connectivity index (χ1n) is 6.06. The van der Waals surface area contributed by atoms with E-state index in [-0.39, 0.29) is 0 Å². The van der Waals surface area contributed by atoms with Gasteiger partial charge in [0, 0.05) is 6.54 Å². The molecular weight excluding hydrogens is 294 g/mol. The molecule has 0 aliphatic rings. The number of imidazole rings is 1. The number of aromatic nitrogens is 3. The van der Waals surface area contributed by atoms with E-state index in [1.807, 2.05) is 12.1 Å². The van der Waals surface area contributed by atoms with Crippen LogP contribution in [-0.2, 0) is 0 Å². The molecule has 0 saturated heterocycles. The number of hydrogen-bond donors (Lipinski definition) is 1. The van der Waals surface area contributed by atoms with Gasteiger partial charge in [0.15, 0.2) is 5.65 Å². The van der Waals surface area contributed by atoms with Gasteiger partial charge in [-0.3, -0.25) is 0 Å². The van der Waals surface area contributed by atoms with Crippen LogP contribution in [0.2, 0.25) is 0 Å². The number of fused-ring (bicyclic) bond motifs is 1. The van der Waals surface area contributed by atoms with Crippen LogP contribution in [0.15, 0.2) is 22.9 Å². The molecule has 6 heteroatoms. The number of nitrogens with zero attached hydrogens (tertiary/aromatic N) is 4. The minimum absolute atomic E-state index is 0.847. The molecule has 2 aromatic rings. The molecule has 0 atom stereocenters. The second-order valence-electron chi connectivity index (χ2n) is 4.51. The summed E-state index contributed by atoms with van der Waals surface area (Å²) in [6, 6.07) is 3.92. The summed E-state index contributed by atoms with van der Waals surface area (Å²) in [5.41, 5.74) is 0.847. The van der Waals surface area contributed by atoms with E-state index in [1.165, 1.54) is 6.42 Å². The Morgan fingerprint density at radius 2 is 2.17 bits per heavy atom. The van der Waals surface area contributed by atoms with Gasteiger partial charge in [-0.15, -0.1) is 5.10 Å². The lowest BCUT2D eigenvalue weighted by atomic mass is 10.3. The first-order valence-corrected chi connectivity index (χ1v) is 6.85. The molecule has 0 bridgehead atoms. The highest BCUT2D eigenvalue weighted by molar-refractivity contribution is 9.10. The van der Waals surface area contributed by atoms with Crippen LogP contribution in [-0.4, -0.2) is 46.7 Å². The minimum atomic E-state index is 0.847. The summed E-state index contributed by atoms with van der Waals surface area (Å²) in [5.74, 6) is 0.881. The van der Waals surface area contributed by atoms with Gasteiger partial charge < -0.3 is 10.2 Å². The third-order valence-corrected chi connectivity index (χ3v) is 3.20. The standard InChI is InChI=1S/C12H18BrN5/c1-17(2)8-4-3-7-14-11-5-6-12-15-9-10(13)18(12)16-11/h5-6,9H,3-4,7-8H2,1-2H3,(H,14,16). The molecule has 2 aromatic heterocycles. The normalized spacial score (nSPS) is 11.3. The van der Waals surface area contributed by atoms with Crippen LogP contribution >= 0.6 is 15.9 Å². The summed E-state index contributed by atoms with van der Waals surface area (Å²) in [7, 11) is 4.19. The highest BCUT2D eigenvalue weighted by Crippen LogP contribution is 2.13. The Bertz CT molecular complexity index is 508. The van der Waals surface area contributed by atoms with Crippen LogP contribution in [0.5, 0.6) is 0 Å². The van der Waals surface area contributed by atoms with Crippen molar-refractivity contribution < 1.29 is 0 Å². The number of anilines is 1. The molecule has 1 N–H and O–H groups in total. The van der Waals surface area contributed by atoms with E-state index in [0.29, 0.717) is 0 Å². The molecule has 0 aliphatic heterocycles. The number of hydrogen-bond acceptors (Lipinski definition) is 4. The molecule has 5 nitrogen and oxygen atoms in total. The molecule has 0 aromatic carbocycles. The molecule has 0 saturated carbocycles. The number of unbranched alkanes of at least 4 members (excludes halogenated alkanes) is 1. The zero-order chi connectivity index (χ0) is 13.0. The largest absolute Gasteiger partial charge is 0.369 e. The van der Waals surface area contributed by atoms with Crippen molar-refractivity contribution in [1.82, 2.24) is 19.5 Å². The zero-order valence-corrected chi connectivity index (χ0v) is 12.3. The van der Waals surface area contributed by atoms with Gasteiger partial charge in [-0.1, -0.05) is 0 Å². The zero-order valence-electron chi connectivity index (χ0n) is 10.7. The van der Waals surface area contributed by atoms with Crippen molar-refractivity contribution in [1.29, 1.82) is 0 Å². The van der Waals surface area contributed by atoms with Crippen LogP contribution in [0.4, 0.5) is 5.82 Å². The predicted molar refractivity (Wildman–Crippen MR) is 77.0 cm³/mol. The van der Waals surface area contributed by atoms with E-state index in [4.69, 9.17) is 0 Å². The summed E-state index contributed by atoms with van der Waals surface area (Å²) >= 11 is 3.41. The van der Waals surface area contributed by atoms with Gasteiger partial charge in [-0.2, -0.15) is 0 Å². The Morgan fingerprint density at radius 1 is 1.33 bits per heavy atom. The Labute approximate surface area is 115 Å². The Balaban J connectivity index is 1.86. The topological polar surface area (TPSA) is 45.5 Å². The molecule has 0 unspecified atom stereocenters. The number of nitrogens with one attached hydrogen (secondary N) is 1. The average Bonchev–Trinajstić information content (AvgIpc) is 2.70. The van der Waals surface area contributed by atoms with Crippen LogP contribution < -0.4 is 5.32 Å². The van der Waals surface area contributed by atoms with E-state index in [2.05, 4.69) is 50.3 Å². The average molecular weight is 312 g/mol. The summed E-state index contributed by atoms with van der Waals surface area (Å²) in [6.45, 7) is 2.07. The molecule has 0 aliphatic carbocycles. The van der Waals surface area contributed by atoms with Crippen molar-refractivity contribution >= 4 is 27.4 Å². The fourth-order valence-electron chi connectivity index (χ4n) is 1.71. The molecule has 0 spiro atoms. The van der Waals surface area contributed by atoms with Gasteiger partial charge in [0.2, 0.25) is 0 Å².